The molecule has 0 aliphatic carbocycles. The first-order valence-corrected chi connectivity index (χ1v) is 6.16. The summed E-state index contributed by atoms with van der Waals surface area (Å²) in [5.74, 6) is 0.721. The van der Waals surface area contributed by atoms with E-state index >= 15 is 0 Å². The lowest BCUT2D eigenvalue weighted by Gasteiger charge is -2.10. The van der Waals surface area contributed by atoms with Crippen LogP contribution in [0, 0.1) is 0 Å². The van der Waals surface area contributed by atoms with Crippen LogP contribution in [0.15, 0.2) is 24.3 Å². The molecule has 0 saturated carbocycles. The van der Waals surface area contributed by atoms with Crippen LogP contribution in [0.2, 0.25) is 0 Å². The standard InChI is InChI=1S/C12H15N3O5S/c1-18-8-3-5-9(6-4-8)20-7-10(16)13-11(21)14-15-12(17)19-2/h3-6H,7H2,1-2H3,(H,15,17)(H2,13,14,16,21). The van der Waals surface area contributed by atoms with Gasteiger partial charge in [-0.2, -0.15) is 0 Å². The van der Waals surface area contributed by atoms with Crippen molar-refractivity contribution >= 4 is 29.3 Å². The number of methoxy groups -OCH3 is 2. The van der Waals surface area contributed by atoms with Crippen molar-refractivity contribution in [2.75, 3.05) is 20.8 Å². The summed E-state index contributed by atoms with van der Waals surface area (Å²) in [5, 5.41) is 2.23. The number of hydrogen-bond acceptors (Lipinski definition) is 6. The first kappa shape index (κ1) is 16.5. The van der Waals surface area contributed by atoms with E-state index in [-0.39, 0.29) is 11.7 Å². The fourth-order valence-electron chi connectivity index (χ4n) is 1.17. The van der Waals surface area contributed by atoms with E-state index in [1.807, 2.05) is 0 Å². The molecule has 0 atom stereocenters. The Balaban J connectivity index is 2.29. The molecule has 3 N–H and O–H groups in total. The van der Waals surface area contributed by atoms with Gasteiger partial charge in [-0.25, -0.2) is 10.2 Å². The number of rotatable bonds is 4. The third-order valence-electron chi connectivity index (χ3n) is 2.15. The number of nitrogens with one attached hydrogen (secondary N) is 3. The Morgan fingerprint density at radius 2 is 1.71 bits per heavy atom. The highest BCUT2D eigenvalue weighted by Gasteiger charge is 2.06. The van der Waals surface area contributed by atoms with E-state index in [0.29, 0.717) is 11.5 Å². The van der Waals surface area contributed by atoms with Crippen molar-refractivity contribution in [2.24, 2.45) is 0 Å². The van der Waals surface area contributed by atoms with Crippen molar-refractivity contribution in [3.8, 4) is 11.5 Å². The number of hydrazine groups is 1. The maximum Gasteiger partial charge on any atom is 0.425 e. The molecule has 0 saturated heterocycles. The number of carbonyl (C=O) groups excluding carboxylic acids is 2. The molecule has 0 radical (unpaired) electrons. The molecule has 0 bridgehead atoms. The smallest absolute Gasteiger partial charge is 0.425 e. The average molecular weight is 313 g/mol. The van der Waals surface area contributed by atoms with Crippen molar-refractivity contribution in [3.05, 3.63) is 24.3 Å². The number of amides is 2. The lowest BCUT2D eigenvalue weighted by Crippen LogP contribution is -2.49. The van der Waals surface area contributed by atoms with Gasteiger partial charge in [0, 0.05) is 0 Å². The van der Waals surface area contributed by atoms with E-state index in [9.17, 15) is 9.59 Å². The predicted octanol–water partition coefficient (Wildman–Crippen LogP) is 0.336. The first-order chi connectivity index (χ1) is 10.0. The van der Waals surface area contributed by atoms with Crippen molar-refractivity contribution in [1.29, 1.82) is 0 Å². The van der Waals surface area contributed by atoms with Crippen LogP contribution in [0.4, 0.5) is 4.79 Å². The Hall–Kier alpha value is -2.55. The Labute approximate surface area is 126 Å². The summed E-state index contributed by atoms with van der Waals surface area (Å²) in [7, 11) is 2.75. The zero-order chi connectivity index (χ0) is 15.7. The molecule has 0 aliphatic rings. The number of thiocarbonyl (C=S) groups is 1. The van der Waals surface area contributed by atoms with E-state index < -0.39 is 12.0 Å². The Morgan fingerprint density at radius 3 is 2.29 bits per heavy atom. The van der Waals surface area contributed by atoms with Crippen molar-refractivity contribution in [3.63, 3.8) is 0 Å². The summed E-state index contributed by atoms with van der Waals surface area (Å²) in [6, 6.07) is 6.75. The van der Waals surface area contributed by atoms with Gasteiger partial charge in [0.05, 0.1) is 14.2 Å². The van der Waals surface area contributed by atoms with E-state index in [1.165, 1.54) is 7.11 Å². The minimum atomic E-state index is -0.735. The highest BCUT2D eigenvalue weighted by molar-refractivity contribution is 7.80. The fraction of sp³-hybridized carbons (Fsp3) is 0.250. The molecular weight excluding hydrogens is 298 g/mol. The van der Waals surface area contributed by atoms with E-state index in [4.69, 9.17) is 21.7 Å². The van der Waals surface area contributed by atoms with Gasteiger partial charge in [0.25, 0.3) is 5.91 Å². The summed E-state index contributed by atoms with van der Waals surface area (Å²) >= 11 is 4.77. The highest BCUT2D eigenvalue weighted by Crippen LogP contribution is 2.16. The Kier molecular flexibility index (Phi) is 6.75. The van der Waals surface area contributed by atoms with E-state index in [0.717, 1.165) is 0 Å². The number of carbonyl (C=O) groups is 2. The maximum absolute atomic E-state index is 11.5. The molecule has 0 aromatic heterocycles. The first-order valence-electron chi connectivity index (χ1n) is 5.75. The van der Waals surface area contributed by atoms with Gasteiger partial charge in [0.15, 0.2) is 11.7 Å². The molecule has 0 aliphatic heterocycles. The molecule has 0 heterocycles. The van der Waals surface area contributed by atoms with E-state index in [2.05, 4.69) is 20.9 Å². The second-order valence-corrected chi connectivity index (χ2v) is 3.99. The van der Waals surface area contributed by atoms with Crippen LogP contribution < -0.4 is 25.6 Å². The lowest BCUT2D eigenvalue weighted by atomic mass is 10.3. The number of hydrogen-bond donors (Lipinski definition) is 3. The molecule has 1 aromatic carbocycles. The fourth-order valence-corrected chi connectivity index (χ4v) is 1.34. The minimum absolute atomic E-state index is 0.0799. The van der Waals surface area contributed by atoms with E-state index in [1.54, 1.807) is 31.4 Å². The second kappa shape index (κ2) is 8.59. The third kappa shape index (κ3) is 6.43. The largest absolute Gasteiger partial charge is 0.497 e. The quantitative estimate of drug-likeness (QED) is 0.544. The van der Waals surface area contributed by atoms with Gasteiger partial charge < -0.3 is 14.2 Å². The number of benzene rings is 1. The molecule has 0 unspecified atom stereocenters. The van der Waals surface area contributed by atoms with Gasteiger partial charge in [-0.3, -0.25) is 15.5 Å². The zero-order valence-electron chi connectivity index (χ0n) is 11.5. The van der Waals surface area contributed by atoms with Crippen LogP contribution in [-0.4, -0.2) is 37.9 Å². The van der Waals surface area contributed by atoms with Crippen LogP contribution in [0.1, 0.15) is 0 Å². The Bertz CT molecular complexity index is 506. The summed E-state index contributed by atoms with van der Waals surface area (Å²) in [6.07, 6.45) is -0.735. The van der Waals surface area contributed by atoms with Crippen LogP contribution >= 0.6 is 12.2 Å². The van der Waals surface area contributed by atoms with Gasteiger partial charge in [-0.1, -0.05) is 0 Å². The lowest BCUT2D eigenvalue weighted by molar-refractivity contribution is -0.121. The maximum atomic E-state index is 11.5. The van der Waals surface area contributed by atoms with Crippen LogP contribution in [0.25, 0.3) is 0 Å². The summed E-state index contributed by atoms with van der Waals surface area (Å²) in [4.78, 5) is 22.3. The summed E-state index contributed by atoms with van der Waals surface area (Å²) < 4.78 is 14.6. The molecule has 1 rings (SSSR count). The van der Waals surface area contributed by atoms with Crippen molar-refractivity contribution in [1.82, 2.24) is 16.2 Å². The van der Waals surface area contributed by atoms with Gasteiger partial charge >= 0.3 is 6.09 Å². The molecule has 2 amide bonds. The van der Waals surface area contributed by atoms with Gasteiger partial charge in [-0.15, -0.1) is 0 Å². The van der Waals surface area contributed by atoms with Crippen molar-refractivity contribution in [2.45, 2.75) is 0 Å². The molecule has 9 heteroatoms. The van der Waals surface area contributed by atoms with Gasteiger partial charge in [0.2, 0.25) is 0 Å². The normalized spacial score (nSPS) is 9.24. The number of ether oxygens (including phenoxy) is 3. The molecule has 0 fully saturated rings. The van der Waals surface area contributed by atoms with Crippen molar-refractivity contribution < 1.29 is 23.8 Å². The molecule has 0 spiro atoms. The topological polar surface area (TPSA) is 97.9 Å². The molecule has 114 valence electrons. The molecular formula is C12H15N3O5S. The summed E-state index contributed by atoms with van der Waals surface area (Å²) in [6.45, 7) is -0.230. The minimum Gasteiger partial charge on any atom is -0.497 e. The second-order valence-electron chi connectivity index (χ2n) is 3.58. The van der Waals surface area contributed by atoms with Crippen LogP contribution in [0.3, 0.4) is 0 Å². The average Bonchev–Trinajstić information content (AvgIpc) is 2.51. The van der Waals surface area contributed by atoms with Crippen LogP contribution in [-0.2, 0) is 9.53 Å². The summed E-state index contributed by atoms with van der Waals surface area (Å²) in [5.41, 5.74) is 4.38. The predicted molar refractivity (Wildman–Crippen MR) is 77.9 cm³/mol. The SMILES string of the molecule is COC(=O)NNC(=S)NC(=O)COc1ccc(OC)cc1. The monoisotopic (exact) mass is 313 g/mol. The molecule has 1 aromatic rings. The van der Waals surface area contributed by atoms with Gasteiger partial charge in [0.1, 0.15) is 11.5 Å². The third-order valence-corrected chi connectivity index (χ3v) is 2.35. The highest BCUT2D eigenvalue weighted by atomic mass is 32.1. The molecule has 8 nitrogen and oxygen atoms in total. The van der Waals surface area contributed by atoms with Gasteiger partial charge in [-0.05, 0) is 36.5 Å². The zero-order valence-corrected chi connectivity index (χ0v) is 12.3. The van der Waals surface area contributed by atoms with Crippen LogP contribution in [0.5, 0.6) is 11.5 Å². The Morgan fingerprint density at radius 1 is 1.10 bits per heavy atom. The molecule has 21 heavy (non-hydrogen) atoms.